The second kappa shape index (κ2) is 4.48. The molecule has 0 atom stereocenters. The molecule has 0 aliphatic carbocycles. The van der Waals surface area contributed by atoms with Crippen LogP contribution in [-0.2, 0) is 14.8 Å². The van der Waals surface area contributed by atoms with Gasteiger partial charge in [0.2, 0.25) is 10.0 Å². The molecule has 0 bridgehead atoms. The van der Waals surface area contributed by atoms with Crippen molar-refractivity contribution < 1.29 is 22.7 Å². The van der Waals surface area contributed by atoms with Gasteiger partial charge in [-0.15, -0.1) is 0 Å². The number of carbonyl (C=O) groups is 1. The molecule has 0 heterocycles. The Morgan fingerprint density at radius 3 is 2.56 bits per heavy atom. The van der Waals surface area contributed by atoms with Crippen LogP contribution in [0.1, 0.15) is 0 Å². The number of carbonyl (C=O) groups excluding carboxylic acids is 1. The minimum Gasteiger partial charge on any atom is -0.548 e. The first-order valence-electron chi connectivity index (χ1n) is 4.24. The first-order chi connectivity index (χ1) is 7.30. The predicted octanol–water partition coefficient (Wildman–Crippen LogP) is -0.658. The molecule has 0 spiro atoms. The van der Waals surface area contributed by atoms with Gasteiger partial charge in [0.25, 0.3) is 0 Å². The Labute approximate surface area is 92.2 Å². The van der Waals surface area contributed by atoms with Crippen LogP contribution in [0.2, 0.25) is 0 Å². The molecule has 0 radical (unpaired) electrons. The molecule has 1 rings (SSSR count). The molecule has 7 heteroatoms. The van der Waals surface area contributed by atoms with E-state index >= 15 is 0 Å². The minimum absolute atomic E-state index is 0.0494. The summed E-state index contributed by atoms with van der Waals surface area (Å²) in [5.41, 5.74) is -0.0494. The molecule has 0 unspecified atom stereocenters. The molecule has 0 aliphatic rings. The highest BCUT2D eigenvalue weighted by Gasteiger charge is 2.17. The van der Waals surface area contributed by atoms with Gasteiger partial charge in [0.05, 0.1) is 24.5 Å². The lowest BCUT2D eigenvalue weighted by molar-refractivity contribution is -0.303. The highest BCUT2D eigenvalue weighted by atomic mass is 32.2. The van der Waals surface area contributed by atoms with E-state index in [-0.39, 0.29) is 5.69 Å². The highest BCUT2D eigenvalue weighted by Crippen LogP contribution is 2.17. The number of halogens is 1. The summed E-state index contributed by atoms with van der Waals surface area (Å²) in [5.74, 6) is -2.21. The van der Waals surface area contributed by atoms with Crippen LogP contribution in [0.4, 0.5) is 10.1 Å². The number of rotatable bonds is 4. The fourth-order valence-corrected chi connectivity index (χ4v) is 1.98. The van der Waals surface area contributed by atoms with E-state index in [9.17, 15) is 22.7 Å². The molecule has 1 aromatic carbocycles. The normalized spacial score (nSPS) is 11.1. The van der Waals surface area contributed by atoms with Gasteiger partial charge in [-0.1, -0.05) is 6.07 Å². The topological polar surface area (TPSA) is 77.5 Å². The summed E-state index contributed by atoms with van der Waals surface area (Å²) in [6.07, 6.45) is 0.834. The Bertz CT molecular complexity index is 500. The van der Waals surface area contributed by atoms with Gasteiger partial charge in [0.15, 0.2) is 0 Å². The van der Waals surface area contributed by atoms with Crippen LogP contribution in [-0.4, -0.2) is 27.2 Å². The molecule has 0 aliphatic heterocycles. The number of hydrogen-bond acceptors (Lipinski definition) is 4. The summed E-state index contributed by atoms with van der Waals surface area (Å²) in [6.45, 7) is -0.845. The van der Waals surface area contributed by atoms with Crippen molar-refractivity contribution in [1.82, 2.24) is 0 Å². The molecular formula is C9H9FNO4S-. The maximum Gasteiger partial charge on any atom is 0.232 e. The second-order valence-electron chi connectivity index (χ2n) is 3.12. The van der Waals surface area contributed by atoms with E-state index in [4.69, 9.17) is 0 Å². The minimum atomic E-state index is -3.78. The van der Waals surface area contributed by atoms with Gasteiger partial charge < -0.3 is 9.90 Å². The van der Waals surface area contributed by atoms with Crippen LogP contribution in [0.5, 0.6) is 0 Å². The Morgan fingerprint density at radius 2 is 2.12 bits per heavy atom. The average Bonchev–Trinajstić information content (AvgIpc) is 2.12. The van der Waals surface area contributed by atoms with Crippen LogP contribution >= 0.6 is 0 Å². The van der Waals surface area contributed by atoms with Crippen molar-refractivity contribution in [1.29, 1.82) is 0 Å². The van der Waals surface area contributed by atoms with E-state index in [1.54, 1.807) is 0 Å². The number of nitrogens with zero attached hydrogens (tertiary/aromatic N) is 1. The summed E-state index contributed by atoms with van der Waals surface area (Å²) < 4.78 is 36.0. The molecule has 5 nitrogen and oxygen atoms in total. The zero-order valence-corrected chi connectivity index (χ0v) is 9.20. The van der Waals surface area contributed by atoms with Crippen molar-refractivity contribution >= 4 is 21.7 Å². The lowest BCUT2D eigenvalue weighted by Gasteiger charge is -2.22. The van der Waals surface area contributed by atoms with Gasteiger partial charge in [-0.05, 0) is 18.2 Å². The summed E-state index contributed by atoms with van der Waals surface area (Å²) in [4.78, 5) is 10.4. The standard InChI is InChI=1S/C9H10FNO4S/c1-16(14,15)11(6-9(12)13)8-4-2-3-7(10)5-8/h2-5H,6H2,1H3,(H,12,13)/p-1. The highest BCUT2D eigenvalue weighted by molar-refractivity contribution is 7.92. The smallest absolute Gasteiger partial charge is 0.232 e. The van der Waals surface area contributed by atoms with Gasteiger partial charge in [-0.25, -0.2) is 12.8 Å². The molecule has 16 heavy (non-hydrogen) atoms. The number of anilines is 1. The van der Waals surface area contributed by atoms with Gasteiger partial charge in [-0.2, -0.15) is 0 Å². The molecule has 0 saturated heterocycles. The third kappa shape index (κ3) is 3.20. The Kier molecular flexibility index (Phi) is 3.48. The molecule has 0 N–H and O–H groups in total. The summed E-state index contributed by atoms with van der Waals surface area (Å²) in [5, 5.41) is 10.4. The van der Waals surface area contributed by atoms with E-state index in [1.807, 2.05) is 0 Å². The molecule has 0 amide bonds. The van der Waals surface area contributed by atoms with E-state index in [1.165, 1.54) is 12.1 Å². The second-order valence-corrected chi connectivity index (χ2v) is 5.03. The van der Waals surface area contributed by atoms with Crippen molar-refractivity contribution in [2.24, 2.45) is 0 Å². The number of carboxylic acid groups (broad SMARTS) is 1. The molecule has 1 aromatic rings. The fourth-order valence-electron chi connectivity index (χ4n) is 1.15. The van der Waals surface area contributed by atoms with Crippen LogP contribution < -0.4 is 9.41 Å². The zero-order chi connectivity index (χ0) is 12.3. The average molecular weight is 246 g/mol. The van der Waals surface area contributed by atoms with Crippen LogP contribution in [0.3, 0.4) is 0 Å². The van der Waals surface area contributed by atoms with E-state index < -0.39 is 28.4 Å². The van der Waals surface area contributed by atoms with Crippen LogP contribution in [0, 0.1) is 5.82 Å². The summed E-state index contributed by atoms with van der Waals surface area (Å²) in [6, 6.07) is 4.65. The molecule has 0 fully saturated rings. The third-order valence-corrected chi connectivity index (χ3v) is 2.91. The maximum absolute atomic E-state index is 12.9. The lowest BCUT2D eigenvalue weighted by atomic mass is 10.3. The number of hydrogen-bond donors (Lipinski definition) is 0. The third-order valence-electron chi connectivity index (χ3n) is 1.77. The molecule has 0 aromatic heterocycles. The Balaban J connectivity index is 3.16. The first kappa shape index (κ1) is 12.4. The van der Waals surface area contributed by atoms with Gasteiger partial charge in [0.1, 0.15) is 5.82 Å². The molecule has 0 saturated carbocycles. The fraction of sp³-hybridized carbons (Fsp3) is 0.222. The number of benzene rings is 1. The van der Waals surface area contributed by atoms with Crippen LogP contribution in [0.15, 0.2) is 24.3 Å². The first-order valence-corrected chi connectivity index (χ1v) is 6.08. The Morgan fingerprint density at radius 1 is 1.50 bits per heavy atom. The Hall–Kier alpha value is -1.63. The van der Waals surface area contributed by atoms with Crippen LogP contribution in [0.25, 0.3) is 0 Å². The SMILES string of the molecule is CS(=O)(=O)N(CC(=O)[O-])c1cccc(F)c1. The van der Waals surface area contributed by atoms with Gasteiger partial charge in [0, 0.05) is 0 Å². The monoisotopic (exact) mass is 246 g/mol. The van der Waals surface area contributed by atoms with Crippen molar-refractivity contribution in [3.05, 3.63) is 30.1 Å². The quantitative estimate of drug-likeness (QED) is 0.706. The largest absolute Gasteiger partial charge is 0.548 e. The van der Waals surface area contributed by atoms with E-state index in [0.717, 1.165) is 18.4 Å². The van der Waals surface area contributed by atoms with E-state index in [2.05, 4.69) is 0 Å². The van der Waals surface area contributed by atoms with Crippen molar-refractivity contribution in [2.45, 2.75) is 0 Å². The number of sulfonamides is 1. The van der Waals surface area contributed by atoms with Crippen molar-refractivity contribution in [3.63, 3.8) is 0 Å². The molecule has 88 valence electrons. The predicted molar refractivity (Wildman–Crippen MR) is 53.6 cm³/mol. The number of aliphatic carboxylic acids is 1. The summed E-state index contributed by atoms with van der Waals surface area (Å²) in [7, 11) is -3.78. The zero-order valence-electron chi connectivity index (χ0n) is 8.38. The lowest BCUT2D eigenvalue weighted by Crippen LogP contribution is -2.41. The van der Waals surface area contributed by atoms with Gasteiger partial charge in [-0.3, -0.25) is 4.31 Å². The molecular weight excluding hydrogens is 237 g/mol. The maximum atomic E-state index is 12.9. The van der Waals surface area contributed by atoms with Crippen molar-refractivity contribution in [3.8, 4) is 0 Å². The summed E-state index contributed by atoms with van der Waals surface area (Å²) >= 11 is 0. The van der Waals surface area contributed by atoms with Crippen molar-refractivity contribution in [2.75, 3.05) is 17.1 Å². The van der Waals surface area contributed by atoms with E-state index in [0.29, 0.717) is 4.31 Å². The van der Waals surface area contributed by atoms with Gasteiger partial charge >= 0.3 is 0 Å². The number of carboxylic acids is 1.